The second kappa shape index (κ2) is 7.48. The average Bonchev–Trinajstić information content (AvgIpc) is 2.63. The molecule has 0 aromatic heterocycles. The van der Waals surface area contributed by atoms with E-state index in [-0.39, 0.29) is 4.08 Å². The normalized spacial score (nSPS) is 33.0. The van der Waals surface area contributed by atoms with E-state index in [1.165, 1.54) is 18.4 Å². The lowest BCUT2D eigenvalue weighted by Crippen LogP contribution is -2.61. The van der Waals surface area contributed by atoms with Gasteiger partial charge in [-0.15, -0.1) is 23.5 Å². The number of thioether (sulfide) groups is 2. The van der Waals surface area contributed by atoms with Gasteiger partial charge in [0.1, 0.15) is 12.0 Å². The zero-order chi connectivity index (χ0) is 17.3. The lowest BCUT2D eigenvalue weighted by molar-refractivity contribution is -0.119. The van der Waals surface area contributed by atoms with Gasteiger partial charge in [-0.25, -0.2) is 0 Å². The highest BCUT2D eigenvalue weighted by molar-refractivity contribution is 8.17. The van der Waals surface area contributed by atoms with Crippen molar-refractivity contribution in [2.45, 2.75) is 55.0 Å². The number of nitrogens with zero attached hydrogens (tertiary/aromatic N) is 1. The first-order valence-corrected chi connectivity index (χ1v) is 11.2. The molecule has 3 rings (SSSR count). The number of piperidine rings is 2. The number of hydrogen-bond acceptors (Lipinski definition) is 5. The maximum absolute atomic E-state index is 11.3. The standard InChI is InChI=1S/C19H29NO2S2/c1-13-5-10-17(14-6-8-15(22-2)9-7-14)20-16(13)11-12-19(23-3,24-4)18(20)21/h6-9,13,16-18,21H,5,10-12H2,1-4H3/t13-,16+,17+,18-/m0/s1. The van der Waals surface area contributed by atoms with E-state index in [0.29, 0.717) is 18.0 Å². The predicted molar refractivity (Wildman–Crippen MR) is 105 cm³/mol. The number of ether oxygens (including phenoxy) is 1. The Balaban J connectivity index is 1.93. The molecule has 24 heavy (non-hydrogen) atoms. The molecule has 2 aliphatic rings. The Bertz CT molecular complexity index is 547. The highest BCUT2D eigenvalue weighted by Crippen LogP contribution is 2.53. The quantitative estimate of drug-likeness (QED) is 0.799. The Hall–Kier alpha value is -0.360. The van der Waals surface area contributed by atoms with Crippen LogP contribution in [0.5, 0.6) is 5.75 Å². The second-order valence-corrected chi connectivity index (χ2v) is 9.52. The van der Waals surface area contributed by atoms with Crippen LogP contribution < -0.4 is 4.74 Å². The largest absolute Gasteiger partial charge is 0.497 e. The average molecular weight is 368 g/mol. The number of benzene rings is 1. The van der Waals surface area contributed by atoms with E-state index < -0.39 is 6.23 Å². The van der Waals surface area contributed by atoms with Crippen LogP contribution in [0.3, 0.4) is 0 Å². The molecular weight excluding hydrogens is 338 g/mol. The zero-order valence-corrected chi connectivity index (χ0v) is 16.7. The maximum atomic E-state index is 11.3. The molecule has 134 valence electrons. The van der Waals surface area contributed by atoms with Crippen molar-refractivity contribution in [1.29, 1.82) is 0 Å². The first kappa shape index (κ1) is 18.4. The fourth-order valence-electron chi connectivity index (χ4n) is 4.44. The summed E-state index contributed by atoms with van der Waals surface area (Å²) in [6.45, 7) is 2.35. The molecule has 2 heterocycles. The van der Waals surface area contributed by atoms with Crippen molar-refractivity contribution in [3.63, 3.8) is 0 Å². The van der Waals surface area contributed by atoms with E-state index in [0.717, 1.165) is 18.6 Å². The molecule has 5 heteroatoms. The van der Waals surface area contributed by atoms with Gasteiger partial charge in [-0.3, -0.25) is 4.90 Å². The van der Waals surface area contributed by atoms with Gasteiger partial charge < -0.3 is 9.84 Å². The minimum absolute atomic E-state index is 0.113. The predicted octanol–water partition coefficient (Wildman–Crippen LogP) is 4.37. The molecule has 3 nitrogen and oxygen atoms in total. The molecular formula is C19H29NO2S2. The van der Waals surface area contributed by atoms with Crippen LogP contribution in [0.2, 0.25) is 0 Å². The summed E-state index contributed by atoms with van der Waals surface area (Å²) in [4.78, 5) is 2.42. The molecule has 0 aliphatic carbocycles. The Kier molecular flexibility index (Phi) is 5.75. The number of fused-ring (bicyclic) bond motifs is 1. The van der Waals surface area contributed by atoms with Gasteiger partial charge in [-0.2, -0.15) is 0 Å². The smallest absolute Gasteiger partial charge is 0.132 e. The fraction of sp³-hybridized carbons (Fsp3) is 0.684. The third-order valence-electron chi connectivity index (χ3n) is 5.95. The van der Waals surface area contributed by atoms with Crippen LogP contribution in [0, 0.1) is 5.92 Å². The minimum Gasteiger partial charge on any atom is -0.497 e. The minimum atomic E-state index is -0.406. The molecule has 1 aromatic rings. The van der Waals surface area contributed by atoms with Crippen molar-refractivity contribution in [2.75, 3.05) is 19.6 Å². The summed E-state index contributed by atoms with van der Waals surface area (Å²) in [5.74, 6) is 1.54. The van der Waals surface area contributed by atoms with Gasteiger partial charge in [-0.05, 0) is 61.8 Å². The maximum Gasteiger partial charge on any atom is 0.132 e. The van der Waals surface area contributed by atoms with Gasteiger partial charge in [0, 0.05) is 12.1 Å². The molecule has 0 saturated carbocycles. The van der Waals surface area contributed by atoms with Crippen molar-refractivity contribution in [3.8, 4) is 5.75 Å². The molecule has 2 saturated heterocycles. The monoisotopic (exact) mass is 367 g/mol. The van der Waals surface area contributed by atoms with Crippen LogP contribution in [0.4, 0.5) is 0 Å². The number of rotatable bonds is 4. The van der Waals surface area contributed by atoms with Crippen molar-refractivity contribution >= 4 is 23.5 Å². The second-order valence-electron chi connectivity index (χ2n) is 6.99. The van der Waals surface area contributed by atoms with Crippen molar-refractivity contribution in [2.24, 2.45) is 5.92 Å². The summed E-state index contributed by atoms with van der Waals surface area (Å²) in [5.41, 5.74) is 1.30. The van der Waals surface area contributed by atoms with E-state index in [1.807, 2.05) is 35.7 Å². The summed E-state index contributed by atoms with van der Waals surface area (Å²) in [6, 6.07) is 9.18. The molecule has 0 radical (unpaired) electrons. The van der Waals surface area contributed by atoms with Crippen LogP contribution in [0.1, 0.15) is 44.2 Å². The number of aliphatic hydroxyl groups is 1. The highest BCUT2D eigenvalue weighted by Gasteiger charge is 2.51. The van der Waals surface area contributed by atoms with Crippen LogP contribution in [-0.4, -0.2) is 46.0 Å². The highest BCUT2D eigenvalue weighted by atomic mass is 32.2. The van der Waals surface area contributed by atoms with Crippen molar-refractivity contribution < 1.29 is 9.84 Å². The van der Waals surface area contributed by atoms with Crippen LogP contribution >= 0.6 is 23.5 Å². The molecule has 1 aromatic carbocycles. The van der Waals surface area contributed by atoms with E-state index in [9.17, 15) is 5.11 Å². The van der Waals surface area contributed by atoms with E-state index >= 15 is 0 Å². The Morgan fingerprint density at radius 3 is 2.38 bits per heavy atom. The van der Waals surface area contributed by atoms with E-state index in [4.69, 9.17) is 4.74 Å². The first-order chi connectivity index (χ1) is 11.6. The third kappa shape index (κ3) is 3.09. The number of hydrogen-bond donors (Lipinski definition) is 1. The van der Waals surface area contributed by atoms with Gasteiger partial charge in [-0.1, -0.05) is 19.1 Å². The van der Waals surface area contributed by atoms with Crippen LogP contribution in [0.15, 0.2) is 24.3 Å². The number of aliphatic hydroxyl groups excluding tert-OH is 1. The lowest BCUT2D eigenvalue weighted by atomic mass is 9.79. The molecule has 2 fully saturated rings. The number of methoxy groups -OCH3 is 1. The Morgan fingerprint density at radius 2 is 1.79 bits per heavy atom. The van der Waals surface area contributed by atoms with Gasteiger partial charge in [0.25, 0.3) is 0 Å². The zero-order valence-electron chi connectivity index (χ0n) is 15.1. The Morgan fingerprint density at radius 1 is 1.12 bits per heavy atom. The summed E-state index contributed by atoms with van der Waals surface area (Å²) in [6.07, 6.45) is 8.46. The topological polar surface area (TPSA) is 32.7 Å². The van der Waals surface area contributed by atoms with Gasteiger partial charge in [0.15, 0.2) is 0 Å². The molecule has 4 atom stereocenters. The molecule has 0 unspecified atom stereocenters. The van der Waals surface area contributed by atoms with Crippen LogP contribution in [-0.2, 0) is 0 Å². The van der Waals surface area contributed by atoms with Crippen molar-refractivity contribution in [3.05, 3.63) is 29.8 Å². The molecule has 0 amide bonds. The molecule has 0 spiro atoms. The summed E-state index contributed by atoms with van der Waals surface area (Å²) in [7, 11) is 1.70. The summed E-state index contributed by atoms with van der Waals surface area (Å²) < 4.78 is 5.19. The molecule has 2 aliphatic heterocycles. The SMILES string of the molecule is COc1ccc([C@H]2CC[C@H](C)[C@H]3CCC(SC)(SC)[C@H](O)N23)cc1. The first-order valence-electron chi connectivity index (χ1n) is 8.76. The summed E-state index contributed by atoms with van der Waals surface area (Å²) in [5, 5.41) is 11.3. The fourth-order valence-corrected chi connectivity index (χ4v) is 6.42. The molecule has 1 N–H and O–H groups in total. The summed E-state index contributed by atoms with van der Waals surface area (Å²) >= 11 is 3.63. The van der Waals surface area contributed by atoms with Gasteiger partial charge in [0.2, 0.25) is 0 Å². The Labute approximate surface area is 154 Å². The van der Waals surface area contributed by atoms with Gasteiger partial charge in [0.05, 0.1) is 11.2 Å². The third-order valence-corrected chi connectivity index (χ3v) is 9.16. The molecule has 0 bridgehead atoms. The van der Waals surface area contributed by atoms with E-state index in [1.54, 1.807) is 7.11 Å². The van der Waals surface area contributed by atoms with E-state index in [2.05, 4.69) is 36.5 Å². The van der Waals surface area contributed by atoms with Crippen molar-refractivity contribution in [1.82, 2.24) is 4.90 Å². The lowest BCUT2D eigenvalue weighted by Gasteiger charge is -2.56. The van der Waals surface area contributed by atoms with Gasteiger partial charge >= 0.3 is 0 Å². The van der Waals surface area contributed by atoms with Crippen LogP contribution in [0.25, 0.3) is 0 Å².